The molecule has 2 rings (SSSR count). The van der Waals surface area contributed by atoms with Gasteiger partial charge >= 0.3 is 5.97 Å². The molecule has 4 heteroatoms. The topological polar surface area (TPSA) is 66.4 Å². The lowest BCUT2D eigenvalue weighted by atomic mass is 10.0. The second-order valence-corrected chi connectivity index (χ2v) is 3.36. The maximum absolute atomic E-state index is 11.1. The summed E-state index contributed by atoms with van der Waals surface area (Å²) in [7, 11) is 0. The summed E-state index contributed by atoms with van der Waals surface area (Å²) in [4.78, 5) is 21.8. The molecule has 14 heavy (non-hydrogen) atoms. The summed E-state index contributed by atoms with van der Waals surface area (Å²) < 4.78 is 0. The maximum atomic E-state index is 11.1. The number of fused-ring (bicyclic) bond motifs is 1. The van der Waals surface area contributed by atoms with E-state index in [2.05, 4.69) is 5.32 Å². The number of nitrogens with one attached hydrogen (secondary N) is 1. The van der Waals surface area contributed by atoms with E-state index in [1.165, 1.54) is 0 Å². The number of amides is 1. The van der Waals surface area contributed by atoms with Gasteiger partial charge < -0.3 is 10.4 Å². The van der Waals surface area contributed by atoms with E-state index in [9.17, 15) is 9.59 Å². The van der Waals surface area contributed by atoms with Crippen LogP contribution in [0.15, 0.2) is 12.1 Å². The summed E-state index contributed by atoms with van der Waals surface area (Å²) in [5.74, 6) is -1.04. The van der Waals surface area contributed by atoms with Gasteiger partial charge in [-0.3, -0.25) is 4.79 Å². The standard InChI is InChI=1S/C10H9NO3/c1-5-2-7(10(13)14)3-6-4-8(12)11-9(5)6/h2-3H,4H2,1H3,(H,11,12)(H,13,14). The third-order valence-electron chi connectivity index (χ3n) is 2.28. The number of hydrogen-bond acceptors (Lipinski definition) is 2. The maximum Gasteiger partial charge on any atom is 0.335 e. The fourth-order valence-corrected chi connectivity index (χ4v) is 1.66. The molecule has 0 saturated heterocycles. The van der Waals surface area contributed by atoms with Crippen molar-refractivity contribution in [2.75, 3.05) is 5.32 Å². The summed E-state index contributed by atoms with van der Waals surface area (Å²) in [5, 5.41) is 11.5. The Bertz CT molecular complexity index is 437. The van der Waals surface area contributed by atoms with Gasteiger partial charge in [0.15, 0.2) is 0 Å². The number of carboxylic acid groups (broad SMARTS) is 1. The van der Waals surface area contributed by atoms with Crippen LogP contribution in [0.25, 0.3) is 0 Å². The van der Waals surface area contributed by atoms with E-state index < -0.39 is 5.97 Å². The van der Waals surface area contributed by atoms with Crippen LogP contribution in [0.4, 0.5) is 5.69 Å². The summed E-state index contributed by atoms with van der Waals surface area (Å²) in [5.41, 5.74) is 2.57. The number of carbonyl (C=O) groups is 2. The minimum atomic E-state index is -0.963. The molecule has 0 saturated carbocycles. The highest BCUT2D eigenvalue weighted by molar-refractivity contribution is 6.01. The van der Waals surface area contributed by atoms with Crippen LogP contribution in [0.1, 0.15) is 21.5 Å². The molecule has 2 N–H and O–H groups in total. The molecule has 0 aromatic heterocycles. The average molecular weight is 191 g/mol. The quantitative estimate of drug-likeness (QED) is 0.700. The number of rotatable bonds is 1. The van der Waals surface area contributed by atoms with Crippen LogP contribution in [-0.2, 0) is 11.2 Å². The van der Waals surface area contributed by atoms with Crippen LogP contribution in [0.5, 0.6) is 0 Å². The Kier molecular flexibility index (Phi) is 1.77. The van der Waals surface area contributed by atoms with Gasteiger partial charge in [-0.05, 0) is 30.2 Å². The summed E-state index contributed by atoms with van der Waals surface area (Å²) in [6, 6.07) is 3.11. The zero-order chi connectivity index (χ0) is 10.3. The van der Waals surface area contributed by atoms with Crippen molar-refractivity contribution in [3.05, 3.63) is 28.8 Å². The van der Waals surface area contributed by atoms with Crippen LogP contribution in [-0.4, -0.2) is 17.0 Å². The van der Waals surface area contributed by atoms with Crippen molar-refractivity contribution in [3.63, 3.8) is 0 Å². The normalized spacial score (nSPS) is 13.6. The Morgan fingerprint density at radius 3 is 2.86 bits per heavy atom. The van der Waals surface area contributed by atoms with Gasteiger partial charge in [0, 0.05) is 5.69 Å². The number of aryl methyl sites for hydroxylation is 1. The molecular formula is C10H9NO3. The predicted octanol–water partition coefficient (Wildman–Crippen LogP) is 1.19. The largest absolute Gasteiger partial charge is 0.478 e. The van der Waals surface area contributed by atoms with Crippen LogP contribution >= 0.6 is 0 Å². The first-order chi connectivity index (χ1) is 6.58. The molecule has 0 fully saturated rings. The Hall–Kier alpha value is -1.84. The lowest BCUT2D eigenvalue weighted by molar-refractivity contribution is -0.115. The Balaban J connectivity index is 2.56. The van der Waals surface area contributed by atoms with E-state index in [0.717, 1.165) is 16.8 Å². The molecule has 1 aromatic carbocycles. The van der Waals surface area contributed by atoms with Crippen LogP contribution in [0, 0.1) is 6.92 Å². The fourth-order valence-electron chi connectivity index (χ4n) is 1.66. The molecule has 0 spiro atoms. The molecular weight excluding hydrogens is 182 g/mol. The molecule has 1 aliphatic heterocycles. The van der Waals surface area contributed by atoms with Gasteiger partial charge in [-0.2, -0.15) is 0 Å². The zero-order valence-electron chi connectivity index (χ0n) is 7.63. The van der Waals surface area contributed by atoms with Crippen molar-refractivity contribution in [2.45, 2.75) is 13.3 Å². The van der Waals surface area contributed by atoms with E-state index in [1.807, 2.05) is 0 Å². The van der Waals surface area contributed by atoms with Crippen molar-refractivity contribution in [2.24, 2.45) is 0 Å². The molecule has 0 radical (unpaired) electrons. The van der Waals surface area contributed by atoms with Crippen molar-refractivity contribution in [1.82, 2.24) is 0 Å². The second kappa shape index (κ2) is 2.83. The summed E-state index contributed by atoms with van der Waals surface area (Å²) >= 11 is 0. The van der Waals surface area contributed by atoms with Gasteiger partial charge in [0.05, 0.1) is 12.0 Å². The highest BCUT2D eigenvalue weighted by Crippen LogP contribution is 2.28. The minimum Gasteiger partial charge on any atom is -0.478 e. The fraction of sp³-hybridized carbons (Fsp3) is 0.200. The first kappa shape index (κ1) is 8.74. The Labute approximate surface area is 80.6 Å². The number of carboxylic acids is 1. The predicted molar refractivity (Wildman–Crippen MR) is 50.5 cm³/mol. The smallest absolute Gasteiger partial charge is 0.335 e. The van der Waals surface area contributed by atoms with Gasteiger partial charge in [-0.15, -0.1) is 0 Å². The third kappa shape index (κ3) is 1.25. The highest BCUT2D eigenvalue weighted by atomic mass is 16.4. The summed E-state index contributed by atoms with van der Waals surface area (Å²) in [6.07, 6.45) is 0.275. The molecule has 0 atom stereocenters. The van der Waals surface area contributed by atoms with Crippen LogP contribution in [0.2, 0.25) is 0 Å². The van der Waals surface area contributed by atoms with Gasteiger partial charge in [-0.1, -0.05) is 0 Å². The molecule has 0 unspecified atom stereocenters. The SMILES string of the molecule is Cc1cc(C(=O)O)cc2c1NC(=O)C2. The molecule has 1 aromatic rings. The third-order valence-corrected chi connectivity index (χ3v) is 2.28. The molecule has 0 bridgehead atoms. The Morgan fingerprint density at radius 1 is 1.50 bits per heavy atom. The van der Waals surface area contributed by atoms with E-state index >= 15 is 0 Å². The van der Waals surface area contributed by atoms with E-state index in [1.54, 1.807) is 19.1 Å². The van der Waals surface area contributed by atoms with E-state index in [4.69, 9.17) is 5.11 Å². The molecule has 1 heterocycles. The van der Waals surface area contributed by atoms with Crippen molar-refractivity contribution >= 4 is 17.6 Å². The zero-order valence-corrected chi connectivity index (χ0v) is 7.63. The lowest BCUT2D eigenvalue weighted by Gasteiger charge is -2.04. The highest BCUT2D eigenvalue weighted by Gasteiger charge is 2.21. The average Bonchev–Trinajstić information content (AvgIpc) is 2.45. The van der Waals surface area contributed by atoms with Gasteiger partial charge in [0.1, 0.15) is 0 Å². The van der Waals surface area contributed by atoms with Crippen LogP contribution in [0.3, 0.4) is 0 Å². The van der Waals surface area contributed by atoms with E-state index in [0.29, 0.717) is 0 Å². The molecule has 1 amide bonds. The molecule has 72 valence electrons. The molecule has 4 nitrogen and oxygen atoms in total. The van der Waals surface area contributed by atoms with Gasteiger partial charge in [-0.25, -0.2) is 4.79 Å². The Morgan fingerprint density at radius 2 is 2.21 bits per heavy atom. The number of anilines is 1. The van der Waals surface area contributed by atoms with Crippen LogP contribution < -0.4 is 5.32 Å². The van der Waals surface area contributed by atoms with Gasteiger partial charge in [0.2, 0.25) is 5.91 Å². The monoisotopic (exact) mass is 191 g/mol. The molecule has 0 aliphatic carbocycles. The first-order valence-corrected chi connectivity index (χ1v) is 4.24. The lowest BCUT2D eigenvalue weighted by Crippen LogP contribution is -2.04. The van der Waals surface area contributed by atoms with Gasteiger partial charge in [0.25, 0.3) is 0 Å². The number of carbonyl (C=O) groups excluding carboxylic acids is 1. The van der Waals surface area contributed by atoms with Crippen molar-refractivity contribution in [1.29, 1.82) is 0 Å². The van der Waals surface area contributed by atoms with Crippen molar-refractivity contribution < 1.29 is 14.7 Å². The van der Waals surface area contributed by atoms with Crippen molar-refractivity contribution in [3.8, 4) is 0 Å². The van der Waals surface area contributed by atoms with E-state index in [-0.39, 0.29) is 17.9 Å². The summed E-state index contributed by atoms with van der Waals surface area (Å²) in [6.45, 7) is 1.79. The molecule has 1 aliphatic rings. The number of aromatic carboxylic acids is 1. The number of benzene rings is 1. The first-order valence-electron chi connectivity index (χ1n) is 4.24. The minimum absolute atomic E-state index is 0.0781. The number of hydrogen-bond donors (Lipinski definition) is 2. The second-order valence-electron chi connectivity index (χ2n) is 3.36.